The predicted octanol–water partition coefficient (Wildman–Crippen LogP) is 5.09. The highest BCUT2D eigenvalue weighted by atomic mass is 31.2. The van der Waals surface area contributed by atoms with Crippen LogP contribution >= 0.6 is 7.82 Å². The lowest BCUT2D eigenvalue weighted by Crippen LogP contribution is -2.42. The first-order valence-electron chi connectivity index (χ1n) is 13.6. The molecule has 0 aliphatic carbocycles. The second-order valence-corrected chi connectivity index (χ2v) is 11.8. The van der Waals surface area contributed by atoms with Crippen molar-refractivity contribution in [2.75, 3.05) is 40.9 Å². The van der Waals surface area contributed by atoms with Gasteiger partial charge in [0.1, 0.15) is 12.6 Å². The van der Waals surface area contributed by atoms with Crippen LogP contribution in [-0.4, -0.2) is 78.9 Å². The van der Waals surface area contributed by atoms with Crippen molar-refractivity contribution in [3.05, 3.63) is 12.2 Å². The Balaban J connectivity index is 3.84. The minimum absolute atomic E-state index is 0.0717. The van der Waals surface area contributed by atoms with Gasteiger partial charge in [-0.05, 0) is 32.1 Å². The first-order chi connectivity index (χ1) is 17.0. The molecule has 36 heavy (non-hydrogen) atoms. The fourth-order valence-corrected chi connectivity index (χ4v) is 4.36. The van der Waals surface area contributed by atoms with Gasteiger partial charge in [-0.2, -0.15) is 0 Å². The van der Waals surface area contributed by atoms with Crippen molar-refractivity contribution in [2.24, 2.45) is 0 Å². The Morgan fingerprint density at radius 2 is 1.44 bits per heavy atom. The number of rotatable bonds is 24. The number of likely N-dealkylation sites (N-methyl/N-ethyl adjacent to an activating group) is 1. The predicted molar refractivity (Wildman–Crippen MR) is 142 cm³/mol. The third kappa shape index (κ3) is 23.6. The summed E-state index contributed by atoms with van der Waals surface area (Å²) < 4.78 is 26.9. The smallest absolute Gasteiger partial charge is 0.457 e. The summed E-state index contributed by atoms with van der Waals surface area (Å²) in [5, 5.41) is 19.1. The van der Waals surface area contributed by atoms with E-state index in [1.165, 1.54) is 44.9 Å². The molecule has 0 spiro atoms. The van der Waals surface area contributed by atoms with Crippen molar-refractivity contribution in [1.82, 2.24) is 0 Å². The lowest BCUT2D eigenvalue weighted by molar-refractivity contribution is -0.876. The SMILES string of the molecule is CCCCCCCC/C=C\CCCCCCCC(=O)O[C@H](CO)COP(=O)(O)OC(O)C[N+](C)(C)C. The van der Waals surface area contributed by atoms with E-state index in [0.717, 1.165) is 32.1 Å². The van der Waals surface area contributed by atoms with Crippen LogP contribution in [0.3, 0.4) is 0 Å². The van der Waals surface area contributed by atoms with Gasteiger partial charge in [-0.15, -0.1) is 0 Å². The topological polar surface area (TPSA) is 123 Å². The molecule has 0 radical (unpaired) electrons. The Morgan fingerprint density at radius 3 is 1.97 bits per heavy atom. The van der Waals surface area contributed by atoms with Gasteiger partial charge in [0.2, 0.25) is 6.29 Å². The number of ether oxygens (including phenoxy) is 1. The van der Waals surface area contributed by atoms with Crippen LogP contribution in [0.2, 0.25) is 0 Å². The molecule has 0 saturated carbocycles. The molecule has 0 aromatic carbocycles. The summed E-state index contributed by atoms with van der Waals surface area (Å²) in [6, 6.07) is 0. The van der Waals surface area contributed by atoms with Gasteiger partial charge in [0.05, 0.1) is 34.4 Å². The fourth-order valence-electron chi connectivity index (χ4n) is 3.57. The largest absolute Gasteiger partial charge is 0.474 e. The molecule has 0 amide bonds. The van der Waals surface area contributed by atoms with E-state index in [0.29, 0.717) is 10.9 Å². The van der Waals surface area contributed by atoms with E-state index in [4.69, 9.17) is 9.26 Å². The van der Waals surface area contributed by atoms with Gasteiger partial charge < -0.3 is 24.3 Å². The summed E-state index contributed by atoms with van der Waals surface area (Å²) in [4.78, 5) is 21.7. The van der Waals surface area contributed by atoms with Crippen LogP contribution in [-0.2, 0) is 23.1 Å². The summed E-state index contributed by atoms with van der Waals surface area (Å²) in [5.41, 5.74) is 0. The number of carbonyl (C=O) groups excluding carboxylic acids is 1. The molecule has 9 nitrogen and oxygen atoms in total. The minimum atomic E-state index is -4.57. The molecule has 0 saturated heterocycles. The van der Waals surface area contributed by atoms with E-state index < -0.39 is 39.4 Å². The van der Waals surface area contributed by atoms with Crippen molar-refractivity contribution in [1.29, 1.82) is 0 Å². The number of hydrogen-bond acceptors (Lipinski definition) is 7. The summed E-state index contributed by atoms with van der Waals surface area (Å²) in [6.07, 6.45) is 17.4. The van der Waals surface area contributed by atoms with Crippen molar-refractivity contribution < 1.29 is 42.7 Å². The monoisotopic (exact) mass is 538 g/mol. The van der Waals surface area contributed by atoms with Crippen LogP contribution in [0, 0.1) is 0 Å². The lowest BCUT2D eigenvalue weighted by atomic mass is 10.1. The number of nitrogens with zero attached hydrogens (tertiary/aromatic N) is 1. The molecule has 0 aliphatic heterocycles. The average molecular weight is 539 g/mol. The molecule has 3 atom stereocenters. The molecule has 0 rings (SSSR count). The highest BCUT2D eigenvalue weighted by molar-refractivity contribution is 7.47. The van der Waals surface area contributed by atoms with Crippen molar-refractivity contribution >= 4 is 13.8 Å². The van der Waals surface area contributed by atoms with E-state index in [-0.39, 0.29) is 13.0 Å². The molecule has 0 bridgehead atoms. The maximum Gasteiger partial charge on any atom is 0.474 e. The van der Waals surface area contributed by atoms with Crippen molar-refractivity contribution in [3.8, 4) is 0 Å². The third-order valence-electron chi connectivity index (χ3n) is 5.53. The van der Waals surface area contributed by atoms with E-state index in [2.05, 4.69) is 23.6 Å². The highest BCUT2D eigenvalue weighted by Gasteiger charge is 2.30. The first kappa shape index (κ1) is 35.2. The average Bonchev–Trinajstić information content (AvgIpc) is 2.77. The van der Waals surface area contributed by atoms with E-state index in [1.807, 2.05) is 0 Å². The number of hydrogen-bond donors (Lipinski definition) is 3. The van der Waals surface area contributed by atoms with Gasteiger partial charge in [-0.25, -0.2) is 4.57 Å². The number of phosphoric acid groups is 1. The van der Waals surface area contributed by atoms with Crippen LogP contribution in [0.15, 0.2) is 12.2 Å². The van der Waals surface area contributed by atoms with Gasteiger partial charge in [-0.1, -0.05) is 70.4 Å². The number of unbranched alkanes of at least 4 members (excludes halogenated alkanes) is 11. The van der Waals surface area contributed by atoms with E-state index in [9.17, 15) is 24.5 Å². The number of aliphatic hydroxyl groups excluding tert-OH is 2. The Labute approximate surface area is 219 Å². The normalized spacial score (nSPS) is 15.6. The fraction of sp³-hybridized carbons (Fsp3) is 0.885. The zero-order chi connectivity index (χ0) is 27.3. The number of allylic oxidation sites excluding steroid dienone is 2. The van der Waals surface area contributed by atoms with Gasteiger partial charge in [0.15, 0.2) is 0 Å². The van der Waals surface area contributed by atoms with Crippen molar-refractivity contribution in [2.45, 2.75) is 109 Å². The second kappa shape index (κ2) is 21.2. The standard InChI is InChI=1S/C26H52NO8P/c1-5-6-7-8-9-10-11-12-13-14-15-16-17-18-19-20-25(29)34-24(22-28)23-33-36(31,32)35-26(30)21-27(2,3)4/h12-13,24,26,28,30H,5-11,14-23H2,1-4H3/p+1/b13-12-/t24-,26?/m1/s1. The Hall–Kier alpha value is -0.800. The molecule has 2 unspecified atom stereocenters. The number of aliphatic hydroxyl groups is 2. The lowest BCUT2D eigenvalue weighted by Gasteiger charge is -2.27. The van der Waals surface area contributed by atoms with Gasteiger partial charge in [0.25, 0.3) is 0 Å². The minimum Gasteiger partial charge on any atom is -0.457 e. The van der Waals surface area contributed by atoms with Crippen LogP contribution in [0.4, 0.5) is 0 Å². The zero-order valence-corrected chi connectivity index (χ0v) is 24.0. The number of carbonyl (C=O) groups is 1. The molecule has 0 aromatic heterocycles. The number of phosphoric ester groups is 1. The molecule has 3 N–H and O–H groups in total. The molecule has 0 aromatic rings. The Bertz CT molecular complexity index is 624. The maximum atomic E-state index is 12.0. The Kier molecular flexibility index (Phi) is 20.7. The summed E-state index contributed by atoms with van der Waals surface area (Å²) in [6.45, 7) is 1.24. The number of esters is 1. The van der Waals surface area contributed by atoms with Crippen LogP contribution in [0.25, 0.3) is 0 Å². The van der Waals surface area contributed by atoms with Crippen molar-refractivity contribution in [3.63, 3.8) is 0 Å². The molecule has 10 heteroatoms. The first-order valence-corrected chi connectivity index (χ1v) is 15.1. The number of quaternary nitrogens is 1. The molecule has 0 fully saturated rings. The van der Waals surface area contributed by atoms with Crippen LogP contribution in [0.1, 0.15) is 96.8 Å². The quantitative estimate of drug-likeness (QED) is 0.0388. The summed E-state index contributed by atoms with van der Waals surface area (Å²) in [7, 11) is 0.788. The molecule has 214 valence electrons. The summed E-state index contributed by atoms with van der Waals surface area (Å²) >= 11 is 0. The third-order valence-corrected chi connectivity index (χ3v) is 6.51. The summed E-state index contributed by atoms with van der Waals surface area (Å²) in [5.74, 6) is -0.492. The second-order valence-electron chi connectivity index (χ2n) is 10.4. The van der Waals surface area contributed by atoms with E-state index in [1.54, 1.807) is 21.1 Å². The van der Waals surface area contributed by atoms with Gasteiger partial charge in [0, 0.05) is 6.42 Å². The van der Waals surface area contributed by atoms with Gasteiger partial charge in [-0.3, -0.25) is 13.8 Å². The highest BCUT2D eigenvalue weighted by Crippen LogP contribution is 2.44. The maximum absolute atomic E-state index is 12.0. The molecular formula is C26H53NO8P+. The molecule has 0 aliphatic rings. The van der Waals surface area contributed by atoms with Crippen LogP contribution in [0.5, 0.6) is 0 Å². The molecule has 0 heterocycles. The zero-order valence-electron chi connectivity index (χ0n) is 23.1. The van der Waals surface area contributed by atoms with Gasteiger partial charge >= 0.3 is 13.8 Å². The van der Waals surface area contributed by atoms with E-state index >= 15 is 0 Å². The molecular weight excluding hydrogens is 485 g/mol. The Morgan fingerprint density at radius 1 is 0.917 bits per heavy atom. The van der Waals surface area contributed by atoms with Crippen LogP contribution < -0.4 is 0 Å².